The van der Waals surface area contributed by atoms with Gasteiger partial charge in [-0.2, -0.15) is 0 Å². The predicted octanol–water partition coefficient (Wildman–Crippen LogP) is 6.46. The second kappa shape index (κ2) is 11.4. The Kier molecular flexibility index (Phi) is 8.79. The second-order valence-corrected chi connectivity index (χ2v) is 9.40. The van der Waals surface area contributed by atoms with Crippen molar-refractivity contribution >= 4 is 63.8 Å². The van der Waals surface area contributed by atoms with Gasteiger partial charge in [0.1, 0.15) is 5.00 Å². The van der Waals surface area contributed by atoms with Gasteiger partial charge in [-0.15, -0.1) is 23.7 Å². The lowest BCUT2D eigenvalue weighted by Gasteiger charge is -2.27. The van der Waals surface area contributed by atoms with Crippen molar-refractivity contribution in [2.45, 2.75) is 26.4 Å². The molecule has 1 aromatic heterocycles. The number of nitrogens with one attached hydrogen (secondary N) is 1. The van der Waals surface area contributed by atoms with Crippen LogP contribution in [0, 0.1) is 0 Å². The molecule has 2 aromatic carbocycles. The average molecular weight is 526 g/mol. The van der Waals surface area contributed by atoms with E-state index < -0.39 is 11.9 Å². The Bertz CT molecular complexity index is 1150. The van der Waals surface area contributed by atoms with Gasteiger partial charge >= 0.3 is 5.97 Å². The average Bonchev–Trinajstić information content (AvgIpc) is 3.11. The number of anilines is 1. The molecule has 3 aromatic rings. The summed E-state index contributed by atoms with van der Waals surface area (Å²) in [7, 11) is 0. The van der Waals surface area contributed by atoms with Crippen molar-refractivity contribution in [3.05, 3.63) is 85.7 Å². The summed E-state index contributed by atoms with van der Waals surface area (Å²) in [6.45, 7) is 4.39. The first-order chi connectivity index (χ1) is 15.5. The van der Waals surface area contributed by atoms with Crippen molar-refractivity contribution in [2.75, 3.05) is 18.5 Å². The molecule has 0 unspecified atom stereocenters. The molecule has 0 atom stereocenters. The maximum atomic E-state index is 12.9. The van der Waals surface area contributed by atoms with Crippen molar-refractivity contribution in [2.24, 2.45) is 0 Å². The SMILES string of the molecule is CCOC(=O)c1c(NC(=O)c2ccc(Cl)cc2Cl)sc2c1CCN(Cc1ccccc1)C2.Cl. The Morgan fingerprint density at radius 1 is 1.15 bits per heavy atom. The topological polar surface area (TPSA) is 58.6 Å². The van der Waals surface area contributed by atoms with Crippen molar-refractivity contribution in [1.29, 1.82) is 0 Å². The molecule has 1 amide bonds. The third-order valence-electron chi connectivity index (χ3n) is 5.27. The molecule has 9 heteroatoms. The van der Waals surface area contributed by atoms with Crippen molar-refractivity contribution < 1.29 is 14.3 Å². The fourth-order valence-corrected chi connectivity index (χ4v) is 5.55. The first-order valence-electron chi connectivity index (χ1n) is 10.3. The number of benzene rings is 2. The lowest BCUT2D eigenvalue weighted by molar-refractivity contribution is 0.0526. The van der Waals surface area contributed by atoms with Gasteiger partial charge in [-0.1, -0.05) is 53.5 Å². The lowest BCUT2D eigenvalue weighted by Crippen LogP contribution is -2.29. The minimum atomic E-state index is -0.418. The molecule has 4 rings (SSSR count). The lowest BCUT2D eigenvalue weighted by atomic mass is 10.0. The van der Waals surface area contributed by atoms with E-state index in [4.69, 9.17) is 27.9 Å². The van der Waals surface area contributed by atoms with Crippen LogP contribution in [-0.2, 0) is 24.2 Å². The Labute approximate surface area is 213 Å². The van der Waals surface area contributed by atoms with E-state index in [1.807, 2.05) is 18.2 Å². The number of nitrogens with zero attached hydrogens (tertiary/aromatic N) is 1. The largest absolute Gasteiger partial charge is 0.462 e. The smallest absolute Gasteiger partial charge is 0.341 e. The third-order valence-corrected chi connectivity index (χ3v) is 6.95. The molecule has 174 valence electrons. The summed E-state index contributed by atoms with van der Waals surface area (Å²) in [5, 5.41) is 4.07. The molecule has 1 aliphatic rings. The number of thiophene rings is 1. The van der Waals surface area contributed by atoms with Crippen LogP contribution in [0.3, 0.4) is 0 Å². The number of esters is 1. The number of fused-ring (bicyclic) bond motifs is 1. The number of ether oxygens (including phenoxy) is 1. The van der Waals surface area contributed by atoms with Crippen LogP contribution in [0.5, 0.6) is 0 Å². The van der Waals surface area contributed by atoms with Gasteiger partial charge in [0.2, 0.25) is 0 Å². The first-order valence-corrected chi connectivity index (χ1v) is 11.9. The van der Waals surface area contributed by atoms with Gasteiger partial charge in [-0.25, -0.2) is 4.79 Å². The zero-order chi connectivity index (χ0) is 22.7. The Hall–Kier alpha value is -2.09. The zero-order valence-corrected chi connectivity index (χ0v) is 21.0. The first kappa shape index (κ1) is 25.5. The summed E-state index contributed by atoms with van der Waals surface area (Å²) in [6, 6.07) is 15.0. The number of amides is 1. The Balaban J connectivity index is 0.00000306. The fraction of sp³-hybridized carbons (Fsp3) is 0.250. The van der Waals surface area contributed by atoms with E-state index in [1.165, 1.54) is 23.0 Å². The molecular formula is C24H23Cl3N2O3S. The van der Waals surface area contributed by atoms with Gasteiger partial charge in [0, 0.05) is 29.5 Å². The molecule has 0 aliphatic carbocycles. The third kappa shape index (κ3) is 5.89. The highest BCUT2D eigenvalue weighted by molar-refractivity contribution is 7.17. The highest BCUT2D eigenvalue weighted by Crippen LogP contribution is 2.38. The summed E-state index contributed by atoms with van der Waals surface area (Å²) in [6.07, 6.45) is 0.713. The predicted molar refractivity (Wildman–Crippen MR) is 136 cm³/mol. The Morgan fingerprint density at radius 2 is 1.91 bits per heavy atom. The number of hydrogen-bond acceptors (Lipinski definition) is 5. The van der Waals surface area contributed by atoms with Crippen LogP contribution in [0.15, 0.2) is 48.5 Å². The Morgan fingerprint density at radius 3 is 2.61 bits per heavy atom. The number of hydrogen-bond donors (Lipinski definition) is 1. The van der Waals surface area contributed by atoms with E-state index in [0.717, 1.165) is 23.5 Å². The van der Waals surface area contributed by atoms with E-state index in [1.54, 1.807) is 19.1 Å². The van der Waals surface area contributed by atoms with Crippen LogP contribution < -0.4 is 5.32 Å². The minimum absolute atomic E-state index is 0. The summed E-state index contributed by atoms with van der Waals surface area (Å²) < 4.78 is 5.30. The monoisotopic (exact) mass is 524 g/mol. The van der Waals surface area contributed by atoms with Crippen LogP contribution in [0.4, 0.5) is 5.00 Å². The second-order valence-electron chi connectivity index (χ2n) is 7.45. The standard InChI is InChI=1S/C24H22Cl2N2O3S.ClH/c1-2-31-24(30)21-18-10-11-28(13-15-6-4-3-5-7-15)14-20(18)32-23(21)27-22(29)17-9-8-16(25)12-19(17)26;/h3-9,12H,2,10-11,13-14H2,1H3,(H,27,29);1H. The highest BCUT2D eigenvalue weighted by atomic mass is 35.5. The minimum Gasteiger partial charge on any atom is -0.462 e. The van der Waals surface area contributed by atoms with Crippen LogP contribution in [0.2, 0.25) is 10.0 Å². The van der Waals surface area contributed by atoms with Gasteiger partial charge in [0.15, 0.2) is 0 Å². The van der Waals surface area contributed by atoms with Crippen LogP contribution in [-0.4, -0.2) is 29.9 Å². The molecule has 0 saturated heterocycles. The summed E-state index contributed by atoms with van der Waals surface area (Å²) >= 11 is 13.6. The van der Waals surface area contributed by atoms with Gasteiger partial charge in [0.05, 0.1) is 22.8 Å². The van der Waals surface area contributed by atoms with E-state index in [2.05, 4.69) is 22.3 Å². The quantitative estimate of drug-likeness (QED) is 0.375. The van der Waals surface area contributed by atoms with Crippen molar-refractivity contribution in [3.63, 3.8) is 0 Å². The van der Waals surface area contributed by atoms with E-state index >= 15 is 0 Å². The fourth-order valence-electron chi connectivity index (χ4n) is 3.78. The van der Waals surface area contributed by atoms with E-state index in [0.29, 0.717) is 34.1 Å². The van der Waals surface area contributed by atoms with Crippen LogP contribution >= 0.6 is 46.9 Å². The van der Waals surface area contributed by atoms with Gasteiger partial charge < -0.3 is 10.1 Å². The molecular weight excluding hydrogens is 503 g/mol. The maximum Gasteiger partial charge on any atom is 0.341 e. The maximum absolute atomic E-state index is 12.9. The number of carbonyl (C=O) groups excluding carboxylic acids is 2. The number of rotatable bonds is 6. The number of carbonyl (C=O) groups is 2. The molecule has 0 bridgehead atoms. The van der Waals surface area contributed by atoms with Gasteiger partial charge in [-0.3, -0.25) is 9.69 Å². The summed E-state index contributed by atoms with van der Waals surface area (Å²) in [5.41, 5.74) is 2.94. The van der Waals surface area contributed by atoms with E-state index in [-0.39, 0.29) is 24.0 Å². The molecule has 0 radical (unpaired) electrons. The van der Waals surface area contributed by atoms with Crippen LogP contribution in [0.1, 0.15) is 43.6 Å². The zero-order valence-electron chi connectivity index (χ0n) is 17.9. The molecule has 1 aliphatic heterocycles. The molecule has 2 heterocycles. The molecule has 0 fully saturated rings. The summed E-state index contributed by atoms with van der Waals surface area (Å²) in [4.78, 5) is 29.1. The van der Waals surface area contributed by atoms with Gasteiger partial charge in [0.25, 0.3) is 5.91 Å². The normalized spacial score (nSPS) is 13.1. The highest BCUT2D eigenvalue weighted by Gasteiger charge is 2.30. The van der Waals surface area contributed by atoms with Gasteiger partial charge in [-0.05, 0) is 42.7 Å². The molecule has 0 spiro atoms. The van der Waals surface area contributed by atoms with Crippen LogP contribution in [0.25, 0.3) is 0 Å². The summed E-state index contributed by atoms with van der Waals surface area (Å²) in [5.74, 6) is -0.809. The molecule has 33 heavy (non-hydrogen) atoms. The van der Waals surface area contributed by atoms with Crippen molar-refractivity contribution in [1.82, 2.24) is 4.90 Å². The number of halogens is 3. The molecule has 5 nitrogen and oxygen atoms in total. The van der Waals surface area contributed by atoms with Crippen molar-refractivity contribution in [3.8, 4) is 0 Å². The molecule has 0 saturated carbocycles. The molecule has 1 N–H and O–H groups in total. The van der Waals surface area contributed by atoms with E-state index in [9.17, 15) is 9.59 Å².